The molecule has 0 bridgehead atoms. The van der Waals surface area contributed by atoms with E-state index < -0.39 is 0 Å². The van der Waals surface area contributed by atoms with Gasteiger partial charge in [0.15, 0.2) is 5.82 Å². The van der Waals surface area contributed by atoms with Crippen molar-refractivity contribution in [1.82, 2.24) is 14.3 Å². The van der Waals surface area contributed by atoms with Crippen LogP contribution in [0.15, 0.2) is 67.1 Å². The second-order valence-corrected chi connectivity index (χ2v) is 7.09. The number of nitrogens with one attached hydrogen (secondary N) is 1. The first-order chi connectivity index (χ1) is 13.9. The molecule has 1 amide bonds. The largest absolute Gasteiger partial charge is 0.321 e. The monoisotopic (exact) mass is 388 g/mol. The van der Waals surface area contributed by atoms with Crippen molar-refractivity contribution in [2.75, 3.05) is 5.32 Å². The van der Waals surface area contributed by atoms with E-state index in [0.29, 0.717) is 17.1 Å². The number of carbonyl (C=O) groups is 1. The summed E-state index contributed by atoms with van der Waals surface area (Å²) in [6.07, 6.45) is 5.22. The van der Waals surface area contributed by atoms with Gasteiger partial charge >= 0.3 is 0 Å². The summed E-state index contributed by atoms with van der Waals surface area (Å²) in [4.78, 5) is 13.2. The summed E-state index contributed by atoms with van der Waals surface area (Å²) in [5, 5.41) is 7.44. The minimum atomic E-state index is -0.327. The highest BCUT2D eigenvalue weighted by atomic mass is 19.1. The summed E-state index contributed by atoms with van der Waals surface area (Å²) in [5.74, 6) is 0.00495. The molecule has 4 rings (SSSR count). The van der Waals surface area contributed by atoms with E-state index in [0.717, 1.165) is 22.4 Å². The standard InChI is InChI=1S/C23H21FN4O/c1-15-12-16(2)21(17(3)13-15)26-22(29)20-14-25-28(19-8-6-18(24)7-9-19)23(20)27-10-4-5-11-27/h4-14H,1-3H3,(H,26,29). The number of amides is 1. The molecule has 1 N–H and O–H groups in total. The van der Waals surface area contributed by atoms with Crippen LogP contribution in [0.5, 0.6) is 0 Å². The van der Waals surface area contributed by atoms with Crippen LogP contribution in [0.1, 0.15) is 27.0 Å². The van der Waals surface area contributed by atoms with Crippen molar-refractivity contribution in [2.45, 2.75) is 20.8 Å². The van der Waals surface area contributed by atoms with Gasteiger partial charge in [-0.1, -0.05) is 17.7 Å². The molecule has 146 valence electrons. The van der Waals surface area contributed by atoms with Crippen molar-refractivity contribution in [3.63, 3.8) is 0 Å². The lowest BCUT2D eigenvalue weighted by atomic mass is 10.0. The van der Waals surface area contributed by atoms with Gasteiger partial charge in [0.2, 0.25) is 0 Å². The third-order valence-corrected chi connectivity index (χ3v) is 4.82. The van der Waals surface area contributed by atoms with Gasteiger partial charge in [0.1, 0.15) is 11.4 Å². The summed E-state index contributed by atoms with van der Waals surface area (Å²) in [5.41, 5.74) is 5.04. The Morgan fingerprint density at radius 1 is 1.00 bits per heavy atom. The lowest BCUT2D eigenvalue weighted by molar-refractivity contribution is 0.102. The maximum atomic E-state index is 13.4. The van der Waals surface area contributed by atoms with E-state index in [1.165, 1.54) is 18.3 Å². The van der Waals surface area contributed by atoms with E-state index in [1.54, 1.807) is 16.8 Å². The van der Waals surface area contributed by atoms with Gasteiger partial charge < -0.3 is 9.88 Å². The molecule has 0 aliphatic heterocycles. The third kappa shape index (κ3) is 3.57. The van der Waals surface area contributed by atoms with Crippen LogP contribution in [0.2, 0.25) is 0 Å². The number of nitrogens with zero attached hydrogens (tertiary/aromatic N) is 3. The number of aromatic nitrogens is 3. The molecule has 0 atom stereocenters. The molecule has 0 aliphatic carbocycles. The predicted molar refractivity (Wildman–Crippen MR) is 111 cm³/mol. The number of halogens is 1. The minimum Gasteiger partial charge on any atom is -0.321 e. The van der Waals surface area contributed by atoms with Crippen molar-refractivity contribution in [3.8, 4) is 11.5 Å². The van der Waals surface area contributed by atoms with E-state index in [2.05, 4.69) is 10.4 Å². The molecule has 4 aromatic rings. The number of aryl methyl sites for hydroxylation is 3. The SMILES string of the molecule is Cc1cc(C)c(NC(=O)c2cnn(-c3ccc(F)cc3)c2-n2cccc2)c(C)c1. The molecule has 0 unspecified atom stereocenters. The maximum Gasteiger partial charge on any atom is 0.261 e. The van der Waals surface area contributed by atoms with Gasteiger partial charge in [-0.05, 0) is 68.3 Å². The van der Waals surface area contributed by atoms with E-state index >= 15 is 0 Å². The van der Waals surface area contributed by atoms with Crippen LogP contribution >= 0.6 is 0 Å². The fourth-order valence-electron chi connectivity index (χ4n) is 3.56. The molecular weight excluding hydrogens is 367 g/mol. The highest BCUT2D eigenvalue weighted by molar-refractivity contribution is 6.07. The molecule has 0 radical (unpaired) electrons. The van der Waals surface area contributed by atoms with Gasteiger partial charge in [0.05, 0.1) is 11.9 Å². The lowest BCUT2D eigenvalue weighted by Gasteiger charge is -2.14. The first-order valence-electron chi connectivity index (χ1n) is 9.30. The number of carbonyl (C=O) groups excluding carboxylic acids is 1. The second kappa shape index (κ2) is 7.39. The van der Waals surface area contributed by atoms with Gasteiger partial charge in [-0.3, -0.25) is 4.79 Å². The Balaban J connectivity index is 1.78. The van der Waals surface area contributed by atoms with Crippen molar-refractivity contribution in [1.29, 1.82) is 0 Å². The third-order valence-electron chi connectivity index (χ3n) is 4.82. The topological polar surface area (TPSA) is 51.9 Å². The van der Waals surface area contributed by atoms with Crippen molar-refractivity contribution in [3.05, 3.63) is 95.2 Å². The van der Waals surface area contributed by atoms with E-state index in [1.807, 2.05) is 62.0 Å². The quantitative estimate of drug-likeness (QED) is 0.536. The molecule has 0 saturated heterocycles. The van der Waals surface area contributed by atoms with Crippen LogP contribution in [0.25, 0.3) is 11.5 Å². The minimum absolute atomic E-state index is 0.253. The smallest absolute Gasteiger partial charge is 0.261 e. The molecular formula is C23H21FN4O. The van der Waals surface area contributed by atoms with Crippen molar-refractivity contribution < 1.29 is 9.18 Å². The molecule has 2 heterocycles. The molecule has 2 aromatic carbocycles. The second-order valence-electron chi connectivity index (χ2n) is 7.09. The Morgan fingerprint density at radius 2 is 1.62 bits per heavy atom. The van der Waals surface area contributed by atoms with Crippen LogP contribution in [-0.4, -0.2) is 20.3 Å². The Kier molecular flexibility index (Phi) is 4.76. The average molecular weight is 388 g/mol. The summed E-state index contributed by atoms with van der Waals surface area (Å²) in [6, 6.07) is 13.8. The molecule has 0 fully saturated rings. The predicted octanol–water partition coefficient (Wildman–Crippen LogP) is 4.98. The first kappa shape index (κ1) is 18.7. The fraction of sp³-hybridized carbons (Fsp3) is 0.130. The van der Waals surface area contributed by atoms with E-state index in [4.69, 9.17) is 0 Å². The highest BCUT2D eigenvalue weighted by Gasteiger charge is 2.21. The van der Waals surface area contributed by atoms with Gasteiger partial charge in [-0.15, -0.1) is 0 Å². The zero-order chi connectivity index (χ0) is 20.5. The molecule has 0 spiro atoms. The van der Waals surface area contributed by atoms with Crippen molar-refractivity contribution >= 4 is 11.6 Å². The van der Waals surface area contributed by atoms with Crippen LogP contribution in [0, 0.1) is 26.6 Å². The Hall–Kier alpha value is -3.67. The molecule has 5 nitrogen and oxygen atoms in total. The zero-order valence-corrected chi connectivity index (χ0v) is 16.5. The van der Waals surface area contributed by atoms with Gasteiger partial charge in [0, 0.05) is 18.1 Å². The fourth-order valence-corrected chi connectivity index (χ4v) is 3.56. The number of hydrogen-bond acceptors (Lipinski definition) is 2. The Morgan fingerprint density at radius 3 is 2.24 bits per heavy atom. The molecule has 2 aromatic heterocycles. The summed E-state index contributed by atoms with van der Waals surface area (Å²) < 4.78 is 16.8. The highest BCUT2D eigenvalue weighted by Crippen LogP contribution is 2.25. The molecule has 0 aliphatic rings. The molecule has 0 saturated carbocycles. The summed E-state index contributed by atoms with van der Waals surface area (Å²) >= 11 is 0. The number of rotatable bonds is 4. The normalized spacial score (nSPS) is 10.9. The summed E-state index contributed by atoms with van der Waals surface area (Å²) in [6.45, 7) is 5.98. The average Bonchev–Trinajstić information content (AvgIpc) is 3.34. The van der Waals surface area contributed by atoms with Gasteiger partial charge in [0.25, 0.3) is 5.91 Å². The maximum absolute atomic E-state index is 13.4. The number of benzene rings is 2. The number of anilines is 1. The van der Waals surface area contributed by atoms with E-state index in [9.17, 15) is 9.18 Å². The first-order valence-corrected chi connectivity index (χ1v) is 9.30. The summed E-state index contributed by atoms with van der Waals surface area (Å²) in [7, 11) is 0. The van der Waals surface area contributed by atoms with Crippen LogP contribution in [-0.2, 0) is 0 Å². The molecule has 6 heteroatoms. The zero-order valence-electron chi connectivity index (χ0n) is 16.5. The van der Waals surface area contributed by atoms with E-state index in [-0.39, 0.29) is 11.7 Å². The lowest BCUT2D eigenvalue weighted by Crippen LogP contribution is -2.16. The van der Waals surface area contributed by atoms with Crippen molar-refractivity contribution in [2.24, 2.45) is 0 Å². The Labute approximate surface area is 168 Å². The van der Waals surface area contributed by atoms with Crippen LogP contribution < -0.4 is 5.32 Å². The Bertz CT molecular complexity index is 1150. The van der Waals surface area contributed by atoms with Gasteiger partial charge in [-0.2, -0.15) is 5.10 Å². The van der Waals surface area contributed by atoms with Crippen LogP contribution in [0.3, 0.4) is 0 Å². The van der Waals surface area contributed by atoms with Gasteiger partial charge in [-0.25, -0.2) is 9.07 Å². The molecule has 29 heavy (non-hydrogen) atoms. The number of hydrogen-bond donors (Lipinski definition) is 1. The van der Waals surface area contributed by atoms with Crippen LogP contribution in [0.4, 0.5) is 10.1 Å².